The van der Waals surface area contributed by atoms with E-state index in [-0.39, 0.29) is 0 Å². The molecule has 0 spiro atoms. The lowest BCUT2D eigenvalue weighted by Gasteiger charge is -2.41. The third kappa shape index (κ3) is 3.42. The molecule has 0 heterocycles. The first-order valence-electron chi connectivity index (χ1n) is 8.69. The Labute approximate surface area is 129 Å². The molecule has 2 fully saturated rings. The Hall–Kier alpha value is -1.02. The molecule has 2 atom stereocenters. The van der Waals surface area contributed by atoms with Crippen molar-refractivity contribution in [3.05, 3.63) is 29.8 Å². The summed E-state index contributed by atoms with van der Waals surface area (Å²) >= 11 is 0. The molecule has 2 heteroatoms. The quantitative estimate of drug-likeness (QED) is 0.861. The van der Waals surface area contributed by atoms with Gasteiger partial charge in [0.1, 0.15) is 5.75 Å². The largest absolute Gasteiger partial charge is 0.496 e. The Bertz CT molecular complexity index is 453. The highest BCUT2D eigenvalue weighted by Gasteiger charge is 2.34. The molecule has 2 saturated carbocycles. The van der Waals surface area contributed by atoms with Crippen LogP contribution in [-0.2, 0) is 0 Å². The van der Waals surface area contributed by atoms with Crippen LogP contribution in [0.2, 0.25) is 0 Å². The maximum absolute atomic E-state index is 5.50. The summed E-state index contributed by atoms with van der Waals surface area (Å²) in [5.41, 5.74) is 1.40. The molecule has 0 bridgehead atoms. The van der Waals surface area contributed by atoms with Gasteiger partial charge in [-0.05, 0) is 49.1 Å². The highest BCUT2D eigenvalue weighted by atomic mass is 16.5. The normalized spacial score (nSPS) is 32.5. The van der Waals surface area contributed by atoms with Crippen molar-refractivity contribution in [2.45, 2.75) is 69.9 Å². The number of hydrogen-bond donors (Lipinski definition) is 1. The molecule has 2 aliphatic rings. The zero-order chi connectivity index (χ0) is 14.7. The molecule has 0 aliphatic heterocycles. The molecule has 3 rings (SSSR count). The number of methoxy groups -OCH3 is 1. The number of para-hydroxylation sites is 1. The Morgan fingerprint density at radius 2 is 1.90 bits per heavy atom. The molecule has 0 saturated heterocycles. The third-order valence-corrected chi connectivity index (χ3v) is 5.55. The fraction of sp³-hybridized carbons (Fsp3) is 0.684. The van der Waals surface area contributed by atoms with E-state index in [0.29, 0.717) is 5.92 Å². The molecule has 21 heavy (non-hydrogen) atoms. The summed E-state index contributed by atoms with van der Waals surface area (Å²) < 4.78 is 5.50. The van der Waals surface area contributed by atoms with Crippen molar-refractivity contribution >= 4 is 0 Å². The van der Waals surface area contributed by atoms with Gasteiger partial charge >= 0.3 is 0 Å². The summed E-state index contributed by atoms with van der Waals surface area (Å²) in [5, 5.41) is 3.92. The van der Waals surface area contributed by atoms with Gasteiger partial charge in [0.05, 0.1) is 7.11 Å². The van der Waals surface area contributed by atoms with E-state index in [1.807, 2.05) is 0 Å². The lowest BCUT2D eigenvalue weighted by Crippen LogP contribution is -2.47. The molecule has 1 aromatic rings. The van der Waals surface area contributed by atoms with Gasteiger partial charge in [-0.2, -0.15) is 0 Å². The van der Waals surface area contributed by atoms with Crippen LogP contribution < -0.4 is 10.1 Å². The second-order valence-corrected chi connectivity index (χ2v) is 6.91. The number of hydrogen-bond acceptors (Lipinski definition) is 2. The Balaban J connectivity index is 1.49. The molecule has 2 nitrogen and oxygen atoms in total. The maximum atomic E-state index is 5.50. The predicted molar refractivity (Wildman–Crippen MR) is 87.9 cm³/mol. The number of rotatable bonds is 5. The standard InChI is InChI=1S/C19H29NO/c1-3-14-7-6-8-16(11-14)20-17-12-15(13-17)18-9-4-5-10-19(18)21-2/h4-5,9-10,14-17,20H,3,6-8,11-13H2,1-2H3. The third-order valence-electron chi connectivity index (χ3n) is 5.55. The average molecular weight is 287 g/mol. The Morgan fingerprint density at radius 1 is 1.10 bits per heavy atom. The number of ether oxygens (including phenoxy) is 1. The van der Waals surface area contributed by atoms with Gasteiger partial charge < -0.3 is 10.1 Å². The van der Waals surface area contributed by atoms with Crippen molar-refractivity contribution in [1.82, 2.24) is 5.32 Å². The molecular formula is C19H29NO. The van der Waals surface area contributed by atoms with Gasteiger partial charge in [0.15, 0.2) is 0 Å². The highest BCUT2D eigenvalue weighted by molar-refractivity contribution is 5.37. The smallest absolute Gasteiger partial charge is 0.122 e. The first-order valence-corrected chi connectivity index (χ1v) is 8.69. The highest BCUT2D eigenvalue weighted by Crippen LogP contribution is 2.41. The van der Waals surface area contributed by atoms with Gasteiger partial charge in [-0.1, -0.05) is 44.4 Å². The van der Waals surface area contributed by atoms with E-state index in [2.05, 4.69) is 36.5 Å². The summed E-state index contributed by atoms with van der Waals surface area (Å²) in [6.45, 7) is 2.34. The van der Waals surface area contributed by atoms with Crippen LogP contribution >= 0.6 is 0 Å². The molecule has 0 aromatic heterocycles. The minimum atomic E-state index is 0.684. The summed E-state index contributed by atoms with van der Waals surface area (Å²) in [5.74, 6) is 2.70. The SMILES string of the molecule is CCC1CCCC(NC2CC(c3ccccc3OC)C2)C1. The van der Waals surface area contributed by atoms with Crippen LogP contribution in [0.25, 0.3) is 0 Å². The van der Waals surface area contributed by atoms with Gasteiger partial charge in [-0.3, -0.25) is 0 Å². The van der Waals surface area contributed by atoms with Crippen molar-refractivity contribution in [2.24, 2.45) is 5.92 Å². The zero-order valence-electron chi connectivity index (χ0n) is 13.5. The van der Waals surface area contributed by atoms with Crippen molar-refractivity contribution in [2.75, 3.05) is 7.11 Å². The predicted octanol–water partition coefficient (Wildman–Crippen LogP) is 4.50. The van der Waals surface area contributed by atoms with Gasteiger partial charge in [0.2, 0.25) is 0 Å². The van der Waals surface area contributed by atoms with E-state index >= 15 is 0 Å². The first-order chi connectivity index (χ1) is 10.3. The Morgan fingerprint density at radius 3 is 2.67 bits per heavy atom. The fourth-order valence-corrected chi connectivity index (χ4v) is 4.16. The lowest BCUT2D eigenvalue weighted by molar-refractivity contribution is 0.207. The van der Waals surface area contributed by atoms with E-state index in [9.17, 15) is 0 Å². The number of nitrogens with one attached hydrogen (secondary N) is 1. The second kappa shape index (κ2) is 6.83. The van der Waals surface area contributed by atoms with Gasteiger partial charge in [-0.25, -0.2) is 0 Å². The fourth-order valence-electron chi connectivity index (χ4n) is 4.16. The van der Waals surface area contributed by atoms with Gasteiger partial charge in [0, 0.05) is 12.1 Å². The molecule has 0 amide bonds. The van der Waals surface area contributed by atoms with E-state index in [4.69, 9.17) is 4.74 Å². The Kier molecular flexibility index (Phi) is 4.84. The van der Waals surface area contributed by atoms with E-state index < -0.39 is 0 Å². The van der Waals surface area contributed by atoms with Crippen LogP contribution in [0.3, 0.4) is 0 Å². The summed E-state index contributed by atoms with van der Waals surface area (Å²) in [6, 6.07) is 10.00. The molecule has 2 aliphatic carbocycles. The van der Waals surface area contributed by atoms with Crippen molar-refractivity contribution in [3.8, 4) is 5.75 Å². The van der Waals surface area contributed by atoms with Gasteiger partial charge in [0.25, 0.3) is 0 Å². The zero-order valence-corrected chi connectivity index (χ0v) is 13.5. The van der Waals surface area contributed by atoms with Gasteiger partial charge in [-0.15, -0.1) is 0 Å². The number of benzene rings is 1. The molecule has 116 valence electrons. The average Bonchev–Trinajstić information content (AvgIpc) is 2.50. The maximum Gasteiger partial charge on any atom is 0.122 e. The summed E-state index contributed by atoms with van der Waals surface area (Å²) in [6.07, 6.45) is 9.54. The van der Waals surface area contributed by atoms with Crippen molar-refractivity contribution < 1.29 is 4.74 Å². The van der Waals surface area contributed by atoms with E-state index in [1.165, 1.54) is 50.5 Å². The minimum Gasteiger partial charge on any atom is -0.496 e. The van der Waals surface area contributed by atoms with Crippen LogP contribution in [-0.4, -0.2) is 19.2 Å². The van der Waals surface area contributed by atoms with Crippen LogP contribution in [0.4, 0.5) is 0 Å². The summed E-state index contributed by atoms with van der Waals surface area (Å²) in [4.78, 5) is 0. The second-order valence-electron chi connectivity index (χ2n) is 6.91. The van der Waals surface area contributed by atoms with Crippen LogP contribution in [0.15, 0.2) is 24.3 Å². The molecule has 2 unspecified atom stereocenters. The topological polar surface area (TPSA) is 21.3 Å². The first kappa shape index (κ1) is 14.9. The molecule has 1 aromatic carbocycles. The molecule has 0 radical (unpaired) electrons. The van der Waals surface area contributed by atoms with Crippen molar-refractivity contribution in [1.29, 1.82) is 0 Å². The summed E-state index contributed by atoms with van der Waals surface area (Å²) in [7, 11) is 1.78. The lowest BCUT2D eigenvalue weighted by atomic mass is 9.74. The van der Waals surface area contributed by atoms with Crippen LogP contribution in [0.5, 0.6) is 5.75 Å². The van der Waals surface area contributed by atoms with Crippen molar-refractivity contribution in [3.63, 3.8) is 0 Å². The van der Waals surface area contributed by atoms with E-state index in [1.54, 1.807) is 7.11 Å². The monoisotopic (exact) mass is 287 g/mol. The van der Waals surface area contributed by atoms with Crippen LogP contribution in [0, 0.1) is 5.92 Å². The molecular weight excluding hydrogens is 258 g/mol. The van der Waals surface area contributed by atoms with Crippen LogP contribution in [0.1, 0.15) is 63.4 Å². The van der Waals surface area contributed by atoms with E-state index in [0.717, 1.165) is 23.8 Å². The minimum absolute atomic E-state index is 0.684. The molecule has 1 N–H and O–H groups in total.